The zero-order valence-electron chi connectivity index (χ0n) is 9.97. The van der Waals surface area contributed by atoms with Crippen molar-refractivity contribution in [3.8, 4) is 0 Å². The fraction of sp³-hybridized carbons (Fsp3) is 0.417. The average Bonchev–Trinajstić information content (AvgIpc) is 2.81. The summed E-state index contributed by atoms with van der Waals surface area (Å²) in [4.78, 5) is 21.3. The zero-order chi connectivity index (χ0) is 14.0. The maximum absolute atomic E-state index is 14.0. The molecule has 1 atom stereocenters. The summed E-state index contributed by atoms with van der Waals surface area (Å²) in [7, 11) is 0. The normalized spacial score (nSPS) is 22.4. The molecule has 0 aromatic heterocycles. The summed E-state index contributed by atoms with van der Waals surface area (Å²) in [5, 5.41) is 20.0. The number of hydrogen-bond acceptors (Lipinski definition) is 4. The highest BCUT2D eigenvalue weighted by molar-refractivity contribution is 8.01. The number of rotatable bonds is 4. The first kappa shape index (κ1) is 13.8. The van der Waals surface area contributed by atoms with Gasteiger partial charge in [-0.1, -0.05) is 12.1 Å². The lowest BCUT2D eigenvalue weighted by molar-refractivity contribution is -0.387. The Balaban J connectivity index is 2.35. The SMILES string of the molecule is O=C(O)C1(Cc2cccc([N+](=O)[O-])c2F)CCCS1. The van der Waals surface area contributed by atoms with E-state index in [4.69, 9.17) is 0 Å². The van der Waals surface area contributed by atoms with Crippen LogP contribution in [-0.4, -0.2) is 26.5 Å². The van der Waals surface area contributed by atoms with Crippen molar-refractivity contribution in [3.05, 3.63) is 39.7 Å². The van der Waals surface area contributed by atoms with Crippen LogP contribution in [0.1, 0.15) is 18.4 Å². The van der Waals surface area contributed by atoms with Crippen LogP contribution in [0.25, 0.3) is 0 Å². The molecule has 2 rings (SSSR count). The van der Waals surface area contributed by atoms with Crippen LogP contribution in [0.2, 0.25) is 0 Å². The number of nitro benzene ring substituents is 1. The highest BCUT2D eigenvalue weighted by Crippen LogP contribution is 2.42. The quantitative estimate of drug-likeness (QED) is 0.679. The largest absolute Gasteiger partial charge is 0.480 e. The van der Waals surface area contributed by atoms with Gasteiger partial charge in [0.05, 0.1) is 4.92 Å². The summed E-state index contributed by atoms with van der Waals surface area (Å²) >= 11 is 1.28. The van der Waals surface area contributed by atoms with Gasteiger partial charge in [-0.25, -0.2) is 0 Å². The van der Waals surface area contributed by atoms with Gasteiger partial charge < -0.3 is 5.11 Å². The first-order chi connectivity index (χ1) is 8.96. The van der Waals surface area contributed by atoms with Gasteiger partial charge in [-0.2, -0.15) is 4.39 Å². The van der Waals surface area contributed by atoms with Crippen LogP contribution in [-0.2, 0) is 11.2 Å². The van der Waals surface area contributed by atoms with Crippen molar-refractivity contribution in [2.75, 3.05) is 5.75 Å². The molecule has 0 amide bonds. The maximum atomic E-state index is 14.0. The van der Waals surface area contributed by atoms with E-state index in [2.05, 4.69) is 0 Å². The van der Waals surface area contributed by atoms with Gasteiger partial charge in [0.2, 0.25) is 5.82 Å². The highest BCUT2D eigenvalue weighted by atomic mass is 32.2. The van der Waals surface area contributed by atoms with Gasteiger partial charge in [0, 0.05) is 12.5 Å². The third kappa shape index (κ3) is 2.56. The molecule has 102 valence electrons. The monoisotopic (exact) mass is 285 g/mol. The second-order valence-corrected chi connectivity index (χ2v) is 5.91. The number of carbonyl (C=O) groups is 1. The molecule has 1 heterocycles. The summed E-state index contributed by atoms with van der Waals surface area (Å²) < 4.78 is 12.9. The van der Waals surface area contributed by atoms with Crippen molar-refractivity contribution in [2.45, 2.75) is 24.0 Å². The van der Waals surface area contributed by atoms with Crippen LogP contribution in [0.5, 0.6) is 0 Å². The molecular weight excluding hydrogens is 273 g/mol. The minimum Gasteiger partial charge on any atom is -0.480 e. The third-order valence-electron chi connectivity index (χ3n) is 3.22. The van der Waals surface area contributed by atoms with Crippen molar-refractivity contribution >= 4 is 23.4 Å². The standard InChI is InChI=1S/C12H12FNO4S/c13-10-8(3-1-4-9(10)14(17)18)7-12(11(15)16)5-2-6-19-12/h1,3-4H,2,5-7H2,(H,15,16). The number of thioether (sulfide) groups is 1. The molecule has 7 heteroatoms. The van der Waals surface area contributed by atoms with E-state index in [0.29, 0.717) is 12.2 Å². The van der Waals surface area contributed by atoms with Gasteiger partial charge in [0.25, 0.3) is 0 Å². The van der Waals surface area contributed by atoms with Crippen molar-refractivity contribution < 1.29 is 19.2 Å². The second-order valence-electron chi connectivity index (χ2n) is 4.44. The predicted octanol–water partition coefficient (Wildman–Crippen LogP) is 2.63. The number of nitro groups is 1. The van der Waals surface area contributed by atoms with Gasteiger partial charge in [-0.05, 0) is 24.2 Å². The molecule has 1 aromatic rings. The van der Waals surface area contributed by atoms with Gasteiger partial charge in [0.1, 0.15) is 4.75 Å². The van der Waals surface area contributed by atoms with Gasteiger partial charge >= 0.3 is 11.7 Å². The average molecular weight is 285 g/mol. The molecule has 0 aliphatic carbocycles. The fourth-order valence-corrected chi connectivity index (χ4v) is 3.58. The third-order valence-corrected chi connectivity index (χ3v) is 4.79. The van der Waals surface area contributed by atoms with Crippen molar-refractivity contribution in [3.63, 3.8) is 0 Å². The van der Waals surface area contributed by atoms with E-state index in [1.54, 1.807) is 0 Å². The molecule has 0 saturated carbocycles. The van der Waals surface area contributed by atoms with Crippen LogP contribution in [0, 0.1) is 15.9 Å². The Morgan fingerprint density at radius 1 is 1.58 bits per heavy atom. The molecule has 0 spiro atoms. The molecule has 1 unspecified atom stereocenters. The first-order valence-electron chi connectivity index (χ1n) is 5.75. The lowest BCUT2D eigenvalue weighted by Gasteiger charge is -2.22. The minimum absolute atomic E-state index is 0.0273. The van der Waals surface area contributed by atoms with E-state index < -0.39 is 27.1 Å². The number of hydrogen-bond donors (Lipinski definition) is 1. The summed E-state index contributed by atoms with van der Waals surface area (Å²) in [6.07, 6.45) is 1.18. The molecule has 1 aromatic carbocycles. The summed E-state index contributed by atoms with van der Waals surface area (Å²) in [6, 6.07) is 3.87. The minimum atomic E-state index is -1.06. The molecule has 0 bridgehead atoms. The van der Waals surface area contributed by atoms with Crippen LogP contribution in [0.15, 0.2) is 18.2 Å². The number of benzene rings is 1. The molecule has 0 radical (unpaired) electrons. The number of halogens is 1. The van der Waals surface area contributed by atoms with Gasteiger partial charge in [-0.3, -0.25) is 14.9 Å². The van der Waals surface area contributed by atoms with Crippen LogP contribution < -0.4 is 0 Å². The van der Waals surface area contributed by atoms with Crippen LogP contribution in [0.3, 0.4) is 0 Å². The Kier molecular flexibility index (Phi) is 3.75. The number of nitrogens with zero attached hydrogens (tertiary/aromatic N) is 1. The maximum Gasteiger partial charge on any atom is 0.320 e. The Labute approximate surface area is 113 Å². The number of aliphatic carboxylic acids is 1. The molecule has 1 saturated heterocycles. The first-order valence-corrected chi connectivity index (χ1v) is 6.74. The Morgan fingerprint density at radius 2 is 2.32 bits per heavy atom. The van der Waals surface area contributed by atoms with Crippen LogP contribution in [0.4, 0.5) is 10.1 Å². The summed E-state index contributed by atoms with van der Waals surface area (Å²) in [6.45, 7) is 0. The highest BCUT2D eigenvalue weighted by Gasteiger charge is 2.43. The smallest absolute Gasteiger partial charge is 0.320 e. The summed E-state index contributed by atoms with van der Waals surface area (Å²) in [5.74, 6) is -1.20. The zero-order valence-corrected chi connectivity index (χ0v) is 10.8. The lowest BCUT2D eigenvalue weighted by Crippen LogP contribution is -2.35. The Hall–Kier alpha value is -1.63. The number of carboxylic acids is 1. The van der Waals surface area contributed by atoms with Crippen molar-refractivity contribution in [1.29, 1.82) is 0 Å². The molecule has 1 aliphatic heterocycles. The van der Waals surface area contributed by atoms with Gasteiger partial charge in [-0.15, -0.1) is 11.8 Å². The Morgan fingerprint density at radius 3 is 2.84 bits per heavy atom. The molecule has 19 heavy (non-hydrogen) atoms. The van der Waals surface area contributed by atoms with E-state index in [1.807, 2.05) is 0 Å². The van der Waals surface area contributed by atoms with E-state index in [9.17, 15) is 24.4 Å². The predicted molar refractivity (Wildman–Crippen MR) is 68.8 cm³/mol. The number of carboxylic acid groups (broad SMARTS) is 1. The molecule has 1 aliphatic rings. The molecule has 5 nitrogen and oxygen atoms in total. The van der Waals surface area contributed by atoms with Gasteiger partial charge in [0.15, 0.2) is 0 Å². The molecule has 1 fully saturated rings. The van der Waals surface area contributed by atoms with Crippen LogP contribution >= 0.6 is 11.8 Å². The van der Waals surface area contributed by atoms with Crippen molar-refractivity contribution in [2.24, 2.45) is 0 Å². The molecule has 1 N–H and O–H groups in total. The van der Waals surface area contributed by atoms with E-state index in [1.165, 1.54) is 23.9 Å². The van der Waals surface area contributed by atoms with E-state index in [-0.39, 0.29) is 12.0 Å². The fourth-order valence-electron chi connectivity index (χ4n) is 2.23. The topological polar surface area (TPSA) is 80.4 Å². The lowest BCUT2D eigenvalue weighted by atomic mass is 9.94. The second kappa shape index (κ2) is 5.16. The van der Waals surface area contributed by atoms with E-state index >= 15 is 0 Å². The Bertz CT molecular complexity index is 528. The summed E-state index contributed by atoms with van der Waals surface area (Å²) in [5.41, 5.74) is -0.521. The van der Waals surface area contributed by atoms with E-state index in [0.717, 1.165) is 12.5 Å². The van der Waals surface area contributed by atoms with Crippen molar-refractivity contribution in [1.82, 2.24) is 0 Å². The molecular formula is C12H12FNO4S.